The maximum Gasteiger partial charge on any atom is 0.226 e. The van der Waals surface area contributed by atoms with Crippen molar-refractivity contribution < 1.29 is 13.9 Å². The van der Waals surface area contributed by atoms with E-state index in [1.54, 1.807) is 23.5 Å². The molecule has 0 atom stereocenters. The van der Waals surface area contributed by atoms with E-state index in [-0.39, 0.29) is 11.7 Å². The van der Waals surface area contributed by atoms with Crippen molar-refractivity contribution in [3.8, 4) is 5.75 Å². The number of fused-ring (bicyclic) bond motifs is 1. The van der Waals surface area contributed by atoms with Crippen LogP contribution in [0.25, 0.3) is 0 Å². The van der Waals surface area contributed by atoms with Crippen LogP contribution < -0.4 is 4.74 Å². The average molecular weight is 305 g/mol. The maximum atomic E-state index is 12.8. The van der Waals surface area contributed by atoms with Gasteiger partial charge in [-0.2, -0.15) is 0 Å². The molecule has 3 rings (SSSR count). The van der Waals surface area contributed by atoms with E-state index in [0.717, 1.165) is 13.0 Å². The number of amides is 1. The molecule has 0 spiro atoms. The van der Waals surface area contributed by atoms with Gasteiger partial charge in [0.2, 0.25) is 5.91 Å². The highest BCUT2D eigenvalue weighted by Crippen LogP contribution is 2.24. The number of thiophene rings is 1. The molecule has 0 aliphatic carbocycles. The van der Waals surface area contributed by atoms with Crippen molar-refractivity contribution >= 4 is 17.2 Å². The van der Waals surface area contributed by atoms with Crippen LogP contribution >= 0.6 is 11.3 Å². The van der Waals surface area contributed by atoms with E-state index in [2.05, 4.69) is 11.4 Å². The van der Waals surface area contributed by atoms with Gasteiger partial charge in [-0.15, -0.1) is 11.3 Å². The molecule has 2 aromatic rings. The maximum absolute atomic E-state index is 12.8. The minimum absolute atomic E-state index is 0.106. The third-order valence-corrected chi connectivity index (χ3v) is 4.58. The van der Waals surface area contributed by atoms with Gasteiger partial charge in [0.25, 0.3) is 0 Å². The third-order valence-electron chi connectivity index (χ3n) is 3.56. The van der Waals surface area contributed by atoms with Crippen LogP contribution in [0.5, 0.6) is 5.75 Å². The molecule has 1 aromatic carbocycles. The Balaban J connectivity index is 1.48. The summed E-state index contributed by atoms with van der Waals surface area (Å²) in [5.41, 5.74) is 1.26. The number of hydrogen-bond acceptors (Lipinski definition) is 3. The van der Waals surface area contributed by atoms with Gasteiger partial charge in [0.1, 0.15) is 11.6 Å². The van der Waals surface area contributed by atoms with Crippen LogP contribution in [-0.2, 0) is 17.8 Å². The molecule has 2 heterocycles. The molecule has 0 saturated heterocycles. The number of benzene rings is 1. The Morgan fingerprint density at radius 3 is 2.90 bits per heavy atom. The molecule has 110 valence electrons. The zero-order valence-electron chi connectivity index (χ0n) is 11.5. The molecule has 0 N–H and O–H groups in total. The van der Waals surface area contributed by atoms with E-state index in [4.69, 9.17) is 4.74 Å². The summed E-state index contributed by atoms with van der Waals surface area (Å²) in [5.74, 6) is 0.398. The van der Waals surface area contributed by atoms with Crippen LogP contribution in [0.4, 0.5) is 4.39 Å². The number of carbonyl (C=O) groups excluding carboxylic acids is 1. The molecule has 0 bridgehead atoms. The second-order valence-corrected chi connectivity index (χ2v) is 5.99. The second-order valence-electron chi connectivity index (χ2n) is 4.99. The number of nitrogens with zero attached hydrogens (tertiary/aromatic N) is 1. The van der Waals surface area contributed by atoms with Crippen LogP contribution in [-0.4, -0.2) is 24.0 Å². The Bertz CT molecular complexity index is 623. The van der Waals surface area contributed by atoms with Gasteiger partial charge < -0.3 is 9.64 Å². The van der Waals surface area contributed by atoms with E-state index < -0.39 is 0 Å². The summed E-state index contributed by atoms with van der Waals surface area (Å²) in [6, 6.07) is 7.92. The summed E-state index contributed by atoms with van der Waals surface area (Å²) in [7, 11) is 0. The first-order valence-electron chi connectivity index (χ1n) is 6.94. The monoisotopic (exact) mass is 305 g/mol. The fourth-order valence-corrected chi connectivity index (χ4v) is 3.30. The van der Waals surface area contributed by atoms with Crippen molar-refractivity contribution in [2.45, 2.75) is 19.4 Å². The fraction of sp³-hybridized carbons (Fsp3) is 0.312. The third kappa shape index (κ3) is 3.42. The lowest BCUT2D eigenvalue weighted by Crippen LogP contribution is -2.36. The van der Waals surface area contributed by atoms with Gasteiger partial charge in [-0.05, 0) is 47.7 Å². The number of ether oxygens (including phenoxy) is 1. The number of halogens is 1. The van der Waals surface area contributed by atoms with E-state index in [9.17, 15) is 9.18 Å². The highest BCUT2D eigenvalue weighted by molar-refractivity contribution is 7.10. The zero-order chi connectivity index (χ0) is 14.7. The lowest BCUT2D eigenvalue weighted by molar-refractivity contribution is -0.132. The van der Waals surface area contributed by atoms with Crippen molar-refractivity contribution in [3.63, 3.8) is 0 Å². The standard InChI is InChI=1S/C16H16FNO2S/c17-13-1-3-14(4-2-13)20-9-6-16(19)18-8-5-15-12(11-18)7-10-21-15/h1-4,7,10H,5-6,8-9,11H2. The summed E-state index contributed by atoms with van der Waals surface area (Å²) >= 11 is 1.76. The topological polar surface area (TPSA) is 29.5 Å². The Kier molecular flexibility index (Phi) is 4.20. The molecule has 1 aliphatic heterocycles. The molecule has 0 fully saturated rings. The van der Waals surface area contributed by atoms with Crippen molar-refractivity contribution in [2.75, 3.05) is 13.2 Å². The summed E-state index contributed by atoms with van der Waals surface area (Å²) < 4.78 is 18.2. The predicted molar refractivity (Wildman–Crippen MR) is 80.0 cm³/mol. The molecule has 1 amide bonds. The Labute approximate surface area is 127 Å². The van der Waals surface area contributed by atoms with Gasteiger partial charge in [0.15, 0.2) is 0 Å². The fourth-order valence-electron chi connectivity index (χ4n) is 2.41. The van der Waals surface area contributed by atoms with Crippen molar-refractivity contribution in [1.29, 1.82) is 0 Å². The van der Waals surface area contributed by atoms with E-state index >= 15 is 0 Å². The molecule has 0 radical (unpaired) electrons. The summed E-state index contributed by atoms with van der Waals surface area (Å²) in [6.07, 6.45) is 1.29. The first-order valence-corrected chi connectivity index (χ1v) is 7.82. The van der Waals surface area contributed by atoms with Crippen molar-refractivity contribution in [2.24, 2.45) is 0 Å². The normalized spacial score (nSPS) is 13.9. The molecule has 0 unspecified atom stereocenters. The van der Waals surface area contributed by atoms with Gasteiger partial charge >= 0.3 is 0 Å². The molecule has 21 heavy (non-hydrogen) atoms. The molecular weight excluding hydrogens is 289 g/mol. The van der Waals surface area contributed by atoms with Gasteiger partial charge in [-0.1, -0.05) is 0 Å². The minimum atomic E-state index is -0.293. The van der Waals surface area contributed by atoms with Crippen molar-refractivity contribution in [1.82, 2.24) is 4.90 Å². The molecule has 0 saturated carbocycles. The molecule has 3 nitrogen and oxygen atoms in total. The molecule has 1 aromatic heterocycles. The quantitative estimate of drug-likeness (QED) is 0.868. The summed E-state index contributed by atoms with van der Waals surface area (Å²) in [4.78, 5) is 15.4. The highest BCUT2D eigenvalue weighted by atomic mass is 32.1. The van der Waals surface area contributed by atoms with Crippen LogP contribution in [0.3, 0.4) is 0 Å². The van der Waals surface area contributed by atoms with Crippen LogP contribution in [0.15, 0.2) is 35.7 Å². The molecule has 5 heteroatoms. The van der Waals surface area contributed by atoms with Crippen LogP contribution in [0, 0.1) is 5.82 Å². The first kappa shape index (κ1) is 14.1. The van der Waals surface area contributed by atoms with E-state index in [1.807, 2.05) is 4.90 Å². The lowest BCUT2D eigenvalue weighted by Gasteiger charge is -2.27. The number of carbonyl (C=O) groups is 1. The van der Waals surface area contributed by atoms with Gasteiger partial charge in [-0.3, -0.25) is 4.79 Å². The predicted octanol–water partition coefficient (Wildman–Crippen LogP) is 3.24. The Morgan fingerprint density at radius 2 is 2.10 bits per heavy atom. The van der Waals surface area contributed by atoms with E-state index in [1.165, 1.54) is 22.6 Å². The lowest BCUT2D eigenvalue weighted by atomic mass is 10.1. The summed E-state index contributed by atoms with van der Waals surface area (Å²) in [5, 5.41) is 2.08. The highest BCUT2D eigenvalue weighted by Gasteiger charge is 2.21. The first-order chi connectivity index (χ1) is 10.2. The van der Waals surface area contributed by atoms with Gasteiger partial charge in [0.05, 0.1) is 13.0 Å². The Hall–Kier alpha value is -1.88. The summed E-state index contributed by atoms with van der Waals surface area (Å²) in [6.45, 7) is 1.80. The number of hydrogen-bond donors (Lipinski definition) is 0. The molecular formula is C16H16FNO2S. The van der Waals surface area contributed by atoms with Gasteiger partial charge in [-0.25, -0.2) is 4.39 Å². The van der Waals surface area contributed by atoms with Crippen LogP contribution in [0.1, 0.15) is 16.9 Å². The largest absolute Gasteiger partial charge is 0.493 e. The average Bonchev–Trinajstić information content (AvgIpc) is 2.96. The van der Waals surface area contributed by atoms with Crippen LogP contribution in [0.2, 0.25) is 0 Å². The zero-order valence-corrected chi connectivity index (χ0v) is 12.4. The van der Waals surface area contributed by atoms with Gasteiger partial charge in [0, 0.05) is 18.0 Å². The van der Waals surface area contributed by atoms with Crippen molar-refractivity contribution in [3.05, 3.63) is 52.0 Å². The number of rotatable bonds is 4. The Morgan fingerprint density at radius 1 is 1.29 bits per heavy atom. The van der Waals surface area contributed by atoms with E-state index in [0.29, 0.717) is 25.3 Å². The SMILES string of the molecule is O=C(CCOc1ccc(F)cc1)N1CCc2sccc2C1. The second kappa shape index (κ2) is 6.26. The minimum Gasteiger partial charge on any atom is -0.493 e. The smallest absolute Gasteiger partial charge is 0.226 e. The molecule has 1 aliphatic rings.